The van der Waals surface area contributed by atoms with E-state index in [9.17, 15) is 4.79 Å². The molecule has 3 aromatic rings. The molecule has 3 rings (SSSR count). The molecule has 0 aliphatic carbocycles. The van der Waals surface area contributed by atoms with Gasteiger partial charge in [0.15, 0.2) is 15.8 Å². The van der Waals surface area contributed by atoms with Crippen molar-refractivity contribution in [2.24, 2.45) is 5.10 Å². The molecule has 174 valence electrons. The van der Waals surface area contributed by atoms with Gasteiger partial charge in [-0.3, -0.25) is 4.79 Å². The van der Waals surface area contributed by atoms with Crippen molar-refractivity contribution in [3.05, 3.63) is 58.4 Å². The molecule has 0 aliphatic heterocycles. The highest BCUT2D eigenvalue weighted by molar-refractivity contribution is 8.01. The number of carbonyl (C=O) groups excluding carboxylic acids is 1. The van der Waals surface area contributed by atoms with Crippen LogP contribution in [0.5, 0.6) is 11.5 Å². The van der Waals surface area contributed by atoms with Crippen LogP contribution in [0.15, 0.2) is 57.3 Å². The van der Waals surface area contributed by atoms with Gasteiger partial charge in [-0.1, -0.05) is 55.3 Å². The Bertz CT molecular complexity index is 1070. The number of aromatic nitrogens is 1. The fourth-order valence-corrected chi connectivity index (χ4v) is 4.59. The fraction of sp³-hybridized carbons (Fsp3) is 0.292. The van der Waals surface area contributed by atoms with E-state index in [0.29, 0.717) is 23.1 Å². The molecule has 1 N–H and O–H groups in total. The number of benzene rings is 2. The van der Waals surface area contributed by atoms with E-state index < -0.39 is 0 Å². The second kappa shape index (κ2) is 13.2. The summed E-state index contributed by atoms with van der Waals surface area (Å²) in [5.41, 5.74) is 5.20. The lowest BCUT2D eigenvalue weighted by molar-refractivity contribution is -0.118. The molecule has 1 heterocycles. The number of nitrogens with one attached hydrogen (secondary N) is 1. The van der Waals surface area contributed by atoms with Crippen LogP contribution in [0.3, 0.4) is 0 Å². The maximum Gasteiger partial charge on any atom is 0.250 e. The van der Waals surface area contributed by atoms with Crippen LogP contribution in [-0.4, -0.2) is 36.6 Å². The maximum absolute atomic E-state index is 12.1. The average molecular weight is 504 g/mol. The van der Waals surface area contributed by atoms with Crippen molar-refractivity contribution in [2.75, 3.05) is 19.5 Å². The fourth-order valence-electron chi connectivity index (χ4n) is 2.83. The standard InChI is InChI=1S/C24H26ClN3O3S2/c1-3-4-5-12-31-21-11-6-17(13-22(21)30-2)14-26-28-23(29)16-33-24-27-20(15-32-24)18-7-9-19(25)10-8-18/h6-11,13-15H,3-5,12,16H2,1-2H3,(H,28,29)/b26-14+. The number of carbonyl (C=O) groups is 1. The molecule has 1 aromatic heterocycles. The first-order valence-electron chi connectivity index (χ1n) is 10.6. The highest BCUT2D eigenvalue weighted by atomic mass is 35.5. The van der Waals surface area contributed by atoms with Crippen molar-refractivity contribution in [1.29, 1.82) is 0 Å². The molecule has 0 aliphatic rings. The van der Waals surface area contributed by atoms with Gasteiger partial charge in [0.1, 0.15) is 0 Å². The lowest BCUT2D eigenvalue weighted by Gasteiger charge is -2.11. The van der Waals surface area contributed by atoms with Crippen LogP contribution in [0.25, 0.3) is 11.3 Å². The van der Waals surface area contributed by atoms with Crippen molar-refractivity contribution in [2.45, 2.75) is 30.5 Å². The van der Waals surface area contributed by atoms with Crippen LogP contribution >= 0.6 is 34.7 Å². The molecule has 0 atom stereocenters. The molecular formula is C24H26ClN3O3S2. The number of ether oxygens (including phenoxy) is 2. The quantitative estimate of drug-likeness (QED) is 0.136. The predicted octanol–water partition coefficient (Wildman–Crippen LogP) is 6.28. The Morgan fingerprint density at radius 1 is 1.21 bits per heavy atom. The van der Waals surface area contributed by atoms with Crippen LogP contribution in [0.1, 0.15) is 31.7 Å². The summed E-state index contributed by atoms with van der Waals surface area (Å²) in [5, 5.41) is 6.69. The van der Waals surface area contributed by atoms with E-state index >= 15 is 0 Å². The van der Waals surface area contributed by atoms with Crippen molar-refractivity contribution >= 4 is 46.8 Å². The molecule has 2 aromatic carbocycles. The van der Waals surface area contributed by atoms with Gasteiger partial charge in [0.05, 0.1) is 31.4 Å². The first kappa shape index (κ1) is 25.1. The summed E-state index contributed by atoms with van der Waals surface area (Å²) in [7, 11) is 1.60. The van der Waals surface area contributed by atoms with Crippen LogP contribution in [0.2, 0.25) is 5.02 Å². The molecule has 0 bridgehead atoms. The topological polar surface area (TPSA) is 72.8 Å². The summed E-state index contributed by atoms with van der Waals surface area (Å²) < 4.78 is 12.0. The lowest BCUT2D eigenvalue weighted by Crippen LogP contribution is -2.19. The van der Waals surface area contributed by atoms with Gasteiger partial charge in [-0.2, -0.15) is 5.10 Å². The number of nitrogens with zero attached hydrogens (tertiary/aromatic N) is 2. The summed E-state index contributed by atoms with van der Waals surface area (Å²) in [6.45, 7) is 2.82. The lowest BCUT2D eigenvalue weighted by atomic mass is 10.2. The van der Waals surface area contributed by atoms with E-state index in [2.05, 4.69) is 22.4 Å². The number of amides is 1. The molecule has 0 fully saturated rings. The van der Waals surface area contributed by atoms with Gasteiger partial charge < -0.3 is 9.47 Å². The van der Waals surface area contributed by atoms with Crippen molar-refractivity contribution in [3.63, 3.8) is 0 Å². The minimum absolute atomic E-state index is 0.206. The Labute approximate surface area is 207 Å². The Morgan fingerprint density at radius 3 is 2.79 bits per heavy atom. The first-order valence-corrected chi connectivity index (χ1v) is 12.8. The van der Waals surface area contributed by atoms with Crippen molar-refractivity contribution in [1.82, 2.24) is 10.4 Å². The van der Waals surface area contributed by atoms with Gasteiger partial charge in [0.2, 0.25) is 0 Å². The molecule has 9 heteroatoms. The molecular weight excluding hydrogens is 478 g/mol. The summed E-state index contributed by atoms with van der Waals surface area (Å²) in [6, 6.07) is 13.1. The van der Waals surface area contributed by atoms with Crippen LogP contribution in [-0.2, 0) is 4.79 Å². The zero-order valence-corrected chi connectivity index (χ0v) is 20.9. The van der Waals surface area contributed by atoms with Gasteiger partial charge in [0, 0.05) is 16.0 Å². The average Bonchev–Trinajstić information content (AvgIpc) is 3.30. The number of hydrazone groups is 1. The normalized spacial score (nSPS) is 11.0. The van der Waals surface area contributed by atoms with Crippen LogP contribution < -0.4 is 14.9 Å². The van der Waals surface area contributed by atoms with E-state index in [4.69, 9.17) is 21.1 Å². The van der Waals surface area contributed by atoms with Gasteiger partial charge in [-0.15, -0.1) is 11.3 Å². The van der Waals surface area contributed by atoms with Gasteiger partial charge in [0.25, 0.3) is 5.91 Å². The van der Waals surface area contributed by atoms with E-state index in [0.717, 1.165) is 40.4 Å². The number of methoxy groups -OCH3 is 1. The number of thioether (sulfide) groups is 1. The molecule has 0 unspecified atom stereocenters. The smallest absolute Gasteiger partial charge is 0.250 e. The molecule has 6 nitrogen and oxygen atoms in total. The SMILES string of the molecule is CCCCCOc1ccc(/C=N/NC(=O)CSc2nc(-c3ccc(Cl)cc3)cs2)cc1OC. The highest BCUT2D eigenvalue weighted by Crippen LogP contribution is 2.29. The van der Waals surface area contributed by atoms with E-state index in [-0.39, 0.29) is 11.7 Å². The highest BCUT2D eigenvalue weighted by Gasteiger charge is 2.08. The Morgan fingerprint density at radius 2 is 2.03 bits per heavy atom. The predicted molar refractivity (Wildman–Crippen MR) is 137 cm³/mol. The van der Waals surface area contributed by atoms with Crippen molar-refractivity contribution < 1.29 is 14.3 Å². The Hall–Kier alpha value is -2.55. The Kier molecular flexibility index (Phi) is 10.1. The van der Waals surface area contributed by atoms with Crippen LogP contribution in [0.4, 0.5) is 0 Å². The van der Waals surface area contributed by atoms with E-state index in [1.165, 1.54) is 23.1 Å². The number of halogens is 1. The first-order chi connectivity index (χ1) is 16.1. The second-order valence-corrected chi connectivity index (χ2v) is 9.57. The molecule has 33 heavy (non-hydrogen) atoms. The number of rotatable bonds is 12. The van der Waals surface area contributed by atoms with Gasteiger partial charge in [-0.25, -0.2) is 10.4 Å². The Balaban J connectivity index is 1.46. The monoisotopic (exact) mass is 503 g/mol. The zero-order chi connectivity index (χ0) is 23.5. The molecule has 0 saturated heterocycles. The van der Waals surface area contributed by atoms with E-state index in [1.54, 1.807) is 13.3 Å². The van der Waals surface area contributed by atoms with Crippen molar-refractivity contribution in [3.8, 4) is 22.8 Å². The molecule has 0 radical (unpaired) electrons. The largest absolute Gasteiger partial charge is 0.493 e. The van der Waals surface area contributed by atoms with E-state index in [1.807, 2.05) is 47.8 Å². The third-order valence-corrected chi connectivity index (χ3v) is 6.82. The van der Waals surface area contributed by atoms with Gasteiger partial charge in [-0.05, 0) is 42.3 Å². The maximum atomic E-state index is 12.1. The van der Waals surface area contributed by atoms with Gasteiger partial charge >= 0.3 is 0 Å². The number of hydrogen-bond acceptors (Lipinski definition) is 7. The number of hydrogen-bond donors (Lipinski definition) is 1. The molecule has 1 amide bonds. The zero-order valence-electron chi connectivity index (χ0n) is 18.5. The number of unbranched alkanes of at least 4 members (excludes halogenated alkanes) is 2. The summed E-state index contributed by atoms with van der Waals surface area (Å²) in [6.07, 6.45) is 4.87. The second-order valence-electron chi connectivity index (χ2n) is 7.05. The summed E-state index contributed by atoms with van der Waals surface area (Å²) >= 11 is 8.80. The molecule has 0 spiro atoms. The summed E-state index contributed by atoms with van der Waals surface area (Å²) in [4.78, 5) is 16.7. The summed E-state index contributed by atoms with van der Waals surface area (Å²) in [5.74, 6) is 1.35. The molecule has 0 saturated carbocycles. The third-order valence-electron chi connectivity index (χ3n) is 4.55. The minimum Gasteiger partial charge on any atom is -0.493 e. The minimum atomic E-state index is -0.206. The third kappa shape index (κ3) is 8.07. The number of thiazole rings is 1. The van der Waals surface area contributed by atoms with Crippen LogP contribution in [0, 0.1) is 0 Å².